The third kappa shape index (κ3) is 4.08. The van der Waals surface area contributed by atoms with Crippen LogP contribution in [0.5, 0.6) is 0 Å². The van der Waals surface area contributed by atoms with Gasteiger partial charge in [0.05, 0.1) is 15.9 Å². The standard InChI is InChI=1S/C19H20N4O5/c1-12(13-4-3-5-16(10-13)22(25)26)21(2)19(24)14-6-9-17(20-15-7-8-15)18(11-14)23(27)28/h3-6,9-12,15,20H,7-8H2,1-2H3/t12-/m0/s1. The number of anilines is 1. The van der Waals surface area contributed by atoms with Crippen LogP contribution in [0.3, 0.4) is 0 Å². The lowest BCUT2D eigenvalue weighted by Crippen LogP contribution is -2.29. The Morgan fingerprint density at radius 3 is 2.46 bits per heavy atom. The number of non-ortho nitro benzene ring substituents is 1. The average molecular weight is 384 g/mol. The zero-order valence-corrected chi connectivity index (χ0v) is 15.5. The van der Waals surface area contributed by atoms with Crippen LogP contribution in [0.25, 0.3) is 0 Å². The van der Waals surface area contributed by atoms with Gasteiger partial charge >= 0.3 is 0 Å². The van der Waals surface area contributed by atoms with E-state index in [4.69, 9.17) is 0 Å². The van der Waals surface area contributed by atoms with E-state index in [0.717, 1.165) is 12.8 Å². The van der Waals surface area contributed by atoms with E-state index < -0.39 is 21.8 Å². The maximum absolute atomic E-state index is 12.8. The minimum atomic E-state index is -0.508. The van der Waals surface area contributed by atoms with Crippen LogP contribution in [0.1, 0.15) is 41.7 Å². The largest absolute Gasteiger partial charge is 0.377 e. The van der Waals surface area contributed by atoms with Crippen molar-refractivity contribution in [2.75, 3.05) is 12.4 Å². The number of carbonyl (C=O) groups excluding carboxylic acids is 1. The number of nitro benzene ring substituents is 2. The molecule has 1 aliphatic carbocycles. The number of nitrogens with one attached hydrogen (secondary N) is 1. The molecular weight excluding hydrogens is 364 g/mol. The maximum Gasteiger partial charge on any atom is 0.293 e. The molecule has 0 spiro atoms. The Hall–Kier alpha value is -3.49. The number of nitro groups is 2. The molecule has 9 heteroatoms. The summed E-state index contributed by atoms with van der Waals surface area (Å²) < 4.78 is 0. The number of rotatable bonds is 7. The molecule has 1 fully saturated rings. The molecule has 1 N–H and O–H groups in total. The van der Waals surface area contributed by atoms with Gasteiger partial charge in [-0.2, -0.15) is 0 Å². The normalized spacial score (nSPS) is 14.2. The van der Waals surface area contributed by atoms with Gasteiger partial charge in [-0.3, -0.25) is 25.0 Å². The predicted octanol–water partition coefficient (Wildman–Crippen LogP) is 3.91. The molecule has 0 radical (unpaired) electrons. The minimum Gasteiger partial charge on any atom is -0.377 e. The third-order valence-corrected chi connectivity index (χ3v) is 4.84. The van der Waals surface area contributed by atoms with Crippen molar-refractivity contribution in [2.45, 2.75) is 31.8 Å². The fourth-order valence-electron chi connectivity index (χ4n) is 2.89. The fourth-order valence-corrected chi connectivity index (χ4v) is 2.89. The molecule has 0 saturated heterocycles. The Morgan fingerprint density at radius 2 is 1.86 bits per heavy atom. The van der Waals surface area contributed by atoms with Crippen molar-refractivity contribution in [2.24, 2.45) is 0 Å². The lowest BCUT2D eigenvalue weighted by Gasteiger charge is -2.25. The number of nitrogens with zero attached hydrogens (tertiary/aromatic N) is 3. The molecule has 1 aliphatic rings. The summed E-state index contributed by atoms with van der Waals surface area (Å²) in [5.41, 5.74) is 0.989. The van der Waals surface area contributed by atoms with Gasteiger partial charge in [0.1, 0.15) is 5.69 Å². The smallest absolute Gasteiger partial charge is 0.293 e. The molecule has 0 heterocycles. The van der Waals surface area contributed by atoms with Crippen molar-refractivity contribution in [3.63, 3.8) is 0 Å². The third-order valence-electron chi connectivity index (χ3n) is 4.84. The summed E-state index contributed by atoms with van der Waals surface area (Å²) in [5, 5.41) is 25.5. The lowest BCUT2D eigenvalue weighted by atomic mass is 10.0. The first kappa shape index (κ1) is 19.3. The monoisotopic (exact) mass is 384 g/mol. The summed E-state index contributed by atoms with van der Waals surface area (Å²) in [6, 6.07) is 10.2. The van der Waals surface area contributed by atoms with Crippen LogP contribution in [0.4, 0.5) is 17.1 Å². The Bertz CT molecular complexity index is 942. The second-order valence-corrected chi connectivity index (χ2v) is 6.85. The molecule has 2 aromatic rings. The van der Waals surface area contributed by atoms with Gasteiger partial charge in [0.25, 0.3) is 17.3 Å². The van der Waals surface area contributed by atoms with Crippen molar-refractivity contribution in [1.82, 2.24) is 4.90 Å². The van der Waals surface area contributed by atoms with Crippen LogP contribution in [-0.2, 0) is 0 Å². The van der Waals surface area contributed by atoms with Crippen LogP contribution in [0.2, 0.25) is 0 Å². The van der Waals surface area contributed by atoms with E-state index in [9.17, 15) is 25.0 Å². The second-order valence-electron chi connectivity index (χ2n) is 6.85. The summed E-state index contributed by atoms with van der Waals surface area (Å²) in [6.07, 6.45) is 1.95. The Balaban J connectivity index is 1.84. The van der Waals surface area contributed by atoms with Gasteiger partial charge in [-0.1, -0.05) is 12.1 Å². The molecule has 1 saturated carbocycles. The number of carbonyl (C=O) groups is 1. The van der Waals surface area contributed by atoms with Crippen LogP contribution in [0.15, 0.2) is 42.5 Å². The molecule has 2 aromatic carbocycles. The molecule has 0 aliphatic heterocycles. The van der Waals surface area contributed by atoms with E-state index in [2.05, 4.69) is 5.32 Å². The van der Waals surface area contributed by atoms with Crippen molar-refractivity contribution in [1.29, 1.82) is 0 Å². The average Bonchev–Trinajstić information content (AvgIpc) is 3.50. The highest BCUT2D eigenvalue weighted by atomic mass is 16.6. The maximum atomic E-state index is 12.8. The zero-order chi connectivity index (χ0) is 20.4. The minimum absolute atomic E-state index is 0.0589. The first-order valence-corrected chi connectivity index (χ1v) is 8.84. The molecule has 1 atom stereocenters. The number of amides is 1. The Kier molecular flexibility index (Phi) is 5.25. The number of hydrogen-bond acceptors (Lipinski definition) is 6. The lowest BCUT2D eigenvalue weighted by molar-refractivity contribution is -0.385. The predicted molar refractivity (Wildman–Crippen MR) is 103 cm³/mol. The van der Waals surface area contributed by atoms with Crippen LogP contribution >= 0.6 is 0 Å². The quantitative estimate of drug-likeness (QED) is 0.571. The van der Waals surface area contributed by atoms with Gasteiger partial charge < -0.3 is 10.2 Å². The summed E-state index contributed by atoms with van der Waals surface area (Å²) in [5.74, 6) is -0.403. The van der Waals surface area contributed by atoms with Gasteiger partial charge in [0.15, 0.2) is 0 Å². The molecule has 1 amide bonds. The second kappa shape index (κ2) is 7.63. The Labute approximate surface area is 161 Å². The first-order valence-electron chi connectivity index (χ1n) is 8.84. The van der Waals surface area contributed by atoms with E-state index in [1.165, 1.54) is 23.1 Å². The van der Waals surface area contributed by atoms with E-state index in [1.54, 1.807) is 38.2 Å². The van der Waals surface area contributed by atoms with E-state index >= 15 is 0 Å². The highest BCUT2D eigenvalue weighted by Gasteiger charge is 2.27. The number of hydrogen-bond donors (Lipinski definition) is 1. The summed E-state index contributed by atoms with van der Waals surface area (Å²) in [6.45, 7) is 1.74. The van der Waals surface area contributed by atoms with E-state index in [-0.39, 0.29) is 23.0 Å². The molecule has 3 rings (SSSR count). The van der Waals surface area contributed by atoms with Gasteiger partial charge in [-0.05, 0) is 37.5 Å². The topological polar surface area (TPSA) is 119 Å². The SMILES string of the molecule is C[C@@H](c1cccc([N+](=O)[O-])c1)N(C)C(=O)c1ccc(NC2CC2)c([N+](=O)[O-])c1. The molecular formula is C19H20N4O5. The molecule has 28 heavy (non-hydrogen) atoms. The van der Waals surface area contributed by atoms with E-state index in [0.29, 0.717) is 11.3 Å². The summed E-state index contributed by atoms with van der Waals surface area (Å²) in [7, 11) is 1.56. The van der Waals surface area contributed by atoms with Crippen molar-refractivity contribution in [3.8, 4) is 0 Å². The summed E-state index contributed by atoms with van der Waals surface area (Å²) >= 11 is 0. The summed E-state index contributed by atoms with van der Waals surface area (Å²) in [4.78, 5) is 35.6. The molecule has 0 bridgehead atoms. The molecule has 146 valence electrons. The van der Waals surface area contributed by atoms with Crippen LogP contribution in [0, 0.1) is 20.2 Å². The first-order chi connectivity index (χ1) is 13.3. The van der Waals surface area contributed by atoms with Gasteiger partial charge in [0.2, 0.25) is 0 Å². The van der Waals surface area contributed by atoms with Gasteiger partial charge in [-0.25, -0.2) is 0 Å². The van der Waals surface area contributed by atoms with Crippen LogP contribution < -0.4 is 5.32 Å². The van der Waals surface area contributed by atoms with Crippen molar-refractivity contribution < 1.29 is 14.6 Å². The molecule has 0 aromatic heterocycles. The van der Waals surface area contributed by atoms with E-state index in [1.807, 2.05) is 0 Å². The zero-order valence-electron chi connectivity index (χ0n) is 15.5. The Morgan fingerprint density at radius 1 is 1.14 bits per heavy atom. The highest BCUT2D eigenvalue weighted by molar-refractivity contribution is 5.96. The highest BCUT2D eigenvalue weighted by Crippen LogP contribution is 2.32. The van der Waals surface area contributed by atoms with Gasteiger partial charge in [0, 0.05) is 36.9 Å². The van der Waals surface area contributed by atoms with Gasteiger partial charge in [-0.15, -0.1) is 0 Å². The number of benzene rings is 2. The van der Waals surface area contributed by atoms with Crippen LogP contribution in [-0.4, -0.2) is 33.7 Å². The van der Waals surface area contributed by atoms with Crippen molar-refractivity contribution >= 4 is 23.0 Å². The molecule has 9 nitrogen and oxygen atoms in total. The fraction of sp³-hybridized carbons (Fsp3) is 0.316. The van der Waals surface area contributed by atoms with Crippen molar-refractivity contribution in [3.05, 3.63) is 73.8 Å². The molecule has 0 unspecified atom stereocenters.